The second-order valence-electron chi connectivity index (χ2n) is 4.09. The van der Waals surface area contributed by atoms with E-state index in [0.717, 1.165) is 11.3 Å². The number of ether oxygens (including phenoxy) is 1. The van der Waals surface area contributed by atoms with Gasteiger partial charge < -0.3 is 15.4 Å². The SMILES string of the molecule is COC(=O)C(CNc1c(C)cccc1Cl)NC(C)=O. The van der Waals surface area contributed by atoms with Crippen LogP contribution < -0.4 is 10.6 Å². The monoisotopic (exact) mass is 284 g/mol. The van der Waals surface area contributed by atoms with Crippen molar-refractivity contribution in [1.29, 1.82) is 0 Å². The van der Waals surface area contributed by atoms with E-state index in [1.807, 2.05) is 19.1 Å². The van der Waals surface area contributed by atoms with Gasteiger partial charge in [-0.05, 0) is 18.6 Å². The predicted molar refractivity (Wildman–Crippen MR) is 74.3 cm³/mol. The van der Waals surface area contributed by atoms with Crippen molar-refractivity contribution in [3.8, 4) is 0 Å². The second-order valence-corrected chi connectivity index (χ2v) is 4.50. The van der Waals surface area contributed by atoms with Crippen molar-refractivity contribution in [1.82, 2.24) is 5.32 Å². The molecule has 0 fully saturated rings. The molecule has 5 nitrogen and oxygen atoms in total. The lowest BCUT2D eigenvalue weighted by Crippen LogP contribution is -2.45. The van der Waals surface area contributed by atoms with E-state index in [4.69, 9.17) is 11.6 Å². The normalized spacial score (nSPS) is 11.6. The van der Waals surface area contributed by atoms with E-state index in [1.54, 1.807) is 6.07 Å². The quantitative estimate of drug-likeness (QED) is 0.808. The molecule has 0 heterocycles. The van der Waals surface area contributed by atoms with Crippen molar-refractivity contribution in [2.24, 2.45) is 0 Å². The third-order valence-corrected chi connectivity index (χ3v) is 2.88. The summed E-state index contributed by atoms with van der Waals surface area (Å²) in [7, 11) is 1.28. The number of rotatable bonds is 5. The summed E-state index contributed by atoms with van der Waals surface area (Å²) < 4.78 is 4.64. The van der Waals surface area contributed by atoms with E-state index in [9.17, 15) is 9.59 Å². The Morgan fingerprint density at radius 1 is 1.42 bits per heavy atom. The van der Waals surface area contributed by atoms with Gasteiger partial charge in [0, 0.05) is 13.5 Å². The van der Waals surface area contributed by atoms with E-state index in [0.29, 0.717) is 5.02 Å². The molecule has 0 aromatic heterocycles. The highest BCUT2D eigenvalue weighted by atomic mass is 35.5. The fourth-order valence-electron chi connectivity index (χ4n) is 1.64. The van der Waals surface area contributed by atoms with Gasteiger partial charge in [0.15, 0.2) is 0 Å². The molecule has 0 spiro atoms. The molecule has 0 aliphatic rings. The van der Waals surface area contributed by atoms with Crippen LogP contribution in [0.15, 0.2) is 18.2 Å². The van der Waals surface area contributed by atoms with Gasteiger partial charge in [-0.3, -0.25) is 4.79 Å². The summed E-state index contributed by atoms with van der Waals surface area (Å²) in [5.74, 6) is -0.805. The first kappa shape index (κ1) is 15.3. The number of methoxy groups -OCH3 is 1. The maximum atomic E-state index is 11.5. The highest BCUT2D eigenvalue weighted by Gasteiger charge is 2.20. The molecule has 1 unspecified atom stereocenters. The zero-order chi connectivity index (χ0) is 14.4. The van der Waals surface area contributed by atoms with E-state index < -0.39 is 12.0 Å². The molecule has 0 saturated carbocycles. The number of para-hydroxylation sites is 1. The summed E-state index contributed by atoms with van der Waals surface area (Å²) in [5, 5.41) is 6.14. The van der Waals surface area contributed by atoms with Crippen molar-refractivity contribution in [2.75, 3.05) is 19.0 Å². The first-order valence-electron chi connectivity index (χ1n) is 5.79. The molecule has 0 bridgehead atoms. The lowest BCUT2D eigenvalue weighted by Gasteiger charge is -2.18. The molecule has 1 rings (SSSR count). The first-order valence-corrected chi connectivity index (χ1v) is 6.17. The summed E-state index contributed by atoms with van der Waals surface area (Å²) in [6.07, 6.45) is 0. The molecule has 104 valence electrons. The van der Waals surface area contributed by atoms with Crippen LogP contribution in [0.4, 0.5) is 5.69 Å². The van der Waals surface area contributed by atoms with Gasteiger partial charge in [0.25, 0.3) is 0 Å². The number of anilines is 1. The minimum absolute atomic E-state index is 0.205. The molecule has 1 aromatic carbocycles. The van der Waals surface area contributed by atoms with Gasteiger partial charge in [-0.2, -0.15) is 0 Å². The largest absolute Gasteiger partial charge is 0.467 e. The average Bonchev–Trinajstić information content (AvgIpc) is 2.35. The zero-order valence-corrected chi connectivity index (χ0v) is 11.9. The molecule has 1 atom stereocenters. The molecule has 1 amide bonds. The summed E-state index contributed by atoms with van der Waals surface area (Å²) in [5.41, 5.74) is 1.70. The Bertz CT molecular complexity index is 457. The Labute approximate surface area is 117 Å². The van der Waals surface area contributed by atoms with Crippen molar-refractivity contribution in [2.45, 2.75) is 19.9 Å². The van der Waals surface area contributed by atoms with Gasteiger partial charge >= 0.3 is 5.97 Å². The Kier molecular flexibility index (Phi) is 5.63. The highest BCUT2D eigenvalue weighted by Crippen LogP contribution is 2.24. The topological polar surface area (TPSA) is 67.4 Å². The van der Waals surface area contributed by atoms with Crippen LogP contribution in [0.1, 0.15) is 12.5 Å². The minimum Gasteiger partial charge on any atom is -0.467 e. The van der Waals surface area contributed by atoms with Gasteiger partial charge in [-0.25, -0.2) is 4.79 Å². The number of esters is 1. The van der Waals surface area contributed by atoms with Crippen molar-refractivity contribution in [3.05, 3.63) is 28.8 Å². The molecular weight excluding hydrogens is 268 g/mol. The Morgan fingerprint density at radius 2 is 2.11 bits per heavy atom. The third kappa shape index (κ3) is 4.44. The van der Waals surface area contributed by atoms with Gasteiger partial charge in [-0.1, -0.05) is 23.7 Å². The molecule has 0 radical (unpaired) electrons. The van der Waals surface area contributed by atoms with E-state index in [1.165, 1.54) is 14.0 Å². The van der Waals surface area contributed by atoms with Crippen molar-refractivity contribution in [3.63, 3.8) is 0 Å². The van der Waals surface area contributed by atoms with Crippen LogP contribution in [0, 0.1) is 6.92 Å². The maximum absolute atomic E-state index is 11.5. The number of benzene rings is 1. The fourth-order valence-corrected chi connectivity index (χ4v) is 1.93. The number of carbonyl (C=O) groups is 2. The standard InChI is InChI=1S/C13H17ClN2O3/c1-8-5-4-6-10(14)12(8)15-7-11(13(18)19-3)16-9(2)17/h4-6,11,15H,7H2,1-3H3,(H,16,17). The summed E-state index contributed by atoms with van der Waals surface area (Å²) in [6, 6.07) is 4.74. The van der Waals surface area contributed by atoms with Crippen LogP contribution in [0.5, 0.6) is 0 Å². The Hall–Kier alpha value is -1.75. The third-order valence-electron chi connectivity index (χ3n) is 2.57. The number of nitrogens with one attached hydrogen (secondary N) is 2. The fraction of sp³-hybridized carbons (Fsp3) is 0.385. The lowest BCUT2D eigenvalue weighted by atomic mass is 10.2. The Morgan fingerprint density at radius 3 is 2.63 bits per heavy atom. The molecule has 6 heteroatoms. The van der Waals surface area contributed by atoms with Crippen LogP contribution in [-0.4, -0.2) is 31.6 Å². The molecule has 0 aliphatic heterocycles. The van der Waals surface area contributed by atoms with Crippen LogP contribution >= 0.6 is 11.6 Å². The summed E-state index contributed by atoms with van der Waals surface area (Å²) in [4.78, 5) is 22.6. The number of hydrogen-bond donors (Lipinski definition) is 2. The number of aryl methyl sites for hydroxylation is 1. The number of carbonyl (C=O) groups excluding carboxylic acids is 2. The van der Waals surface area contributed by atoms with Gasteiger partial charge in [0.05, 0.1) is 17.8 Å². The van der Waals surface area contributed by atoms with E-state index in [2.05, 4.69) is 15.4 Å². The van der Waals surface area contributed by atoms with Crippen molar-refractivity contribution < 1.29 is 14.3 Å². The molecule has 0 saturated heterocycles. The summed E-state index contributed by atoms with van der Waals surface area (Å²) in [6.45, 7) is 3.45. The highest BCUT2D eigenvalue weighted by molar-refractivity contribution is 6.33. The molecule has 2 N–H and O–H groups in total. The molecule has 0 aliphatic carbocycles. The lowest BCUT2D eigenvalue weighted by molar-refractivity contribution is -0.144. The van der Waals surface area contributed by atoms with Crippen LogP contribution in [0.3, 0.4) is 0 Å². The summed E-state index contributed by atoms with van der Waals surface area (Å²) >= 11 is 6.07. The Balaban J connectivity index is 2.76. The van der Waals surface area contributed by atoms with E-state index >= 15 is 0 Å². The number of amides is 1. The van der Waals surface area contributed by atoms with Gasteiger partial charge in [0.2, 0.25) is 5.91 Å². The predicted octanol–water partition coefficient (Wildman–Crippen LogP) is 1.74. The minimum atomic E-state index is -0.752. The average molecular weight is 285 g/mol. The second kappa shape index (κ2) is 6.99. The zero-order valence-electron chi connectivity index (χ0n) is 11.1. The van der Waals surface area contributed by atoms with Crippen LogP contribution in [0.2, 0.25) is 5.02 Å². The van der Waals surface area contributed by atoms with Gasteiger partial charge in [0.1, 0.15) is 6.04 Å². The number of hydrogen-bond acceptors (Lipinski definition) is 4. The molecule has 19 heavy (non-hydrogen) atoms. The molecular formula is C13H17ClN2O3. The van der Waals surface area contributed by atoms with Crippen molar-refractivity contribution >= 4 is 29.2 Å². The van der Waals surface area contributed by atoms with E-state index in [-0.39, 0.29) is 12.5 Å². The van der Waals surface area contributed by atoms with Crippen LogP contribution in [-0.2, 0) is 14.3 Å². The maximum Gasteiger partial charge on any atom is 0.330 e. The first-order chi connectivity index (χ1) is 8.95. The number of halogens is 1. The van der Waals surface area contributed by atoms with Crippen LogP contribution in [0.25, 0.3) is 0 Å². The molecule has 1 aromatic rings. The van der Waals surface area contributed by atoms with Gasteiger partial charge in [-0.15, -0.1) is 0 Å². The smallest absolute Gasteiger partial charge is 0.330 e.